The minimum Gasteiger partial charge on any atom is -0.390 e. The molecule has 3 nitrogen and oxygen atoms in total. The fourth-order valence-corrected chi connectivity index (χ4v) is 8.64. The number of anilines is 1. The van der Waals surface area contributed by atoms with Crippen LogP contribution in [0.1, 0.15) is 82.0 Å². The van der Waals surface area contributed by atoms with Crippen molar-refractivity contribution in [1.82, 2.24) is 0 Å². The normalized spacial score (nSPS) is 44.2. The lowest BCUT2D eigenvalue weighted by molar-refractivity contribution is -0.0976. The van der Waals surface area contributed by atoms with E-state index in [9.17, 15) is 9.90 Å². The highest BCUT2D eigenvalue weighted by Crippen LogP contribution is 2.64. The van der Waals surface area contributed by atoms with Gasteiger partial charge in [0.05, 0.1) is 5.60 Å². The van der Waals surface area contributed by atoms with Crippen LogP contribution in [-0.2, 0) is 0 Å². The fourth-order valence-electron chi connectivity index (χ4n) is 8.64. The molecule has 0 amide bonds. The van der Waals surface area contributed by atoms with E-state index in [1.807, 2.05) is 33.2 Å². The highest BCUT2D eigenvalue weighted by atomic mass is 16.3. The summed E-state index contributed by atoms with van der Waals surface area (Å²) in [6.45, 7) is 4.50. The number of carbonyl (C=O) groups excluding carboxylic acids is 1. The van der Waals surface area contributed by atoms with Crippen molar-refractivity contribution in [2.45, 2.75) is 77.2 Å². The number of Topliss-reactive ketones (excluding diaryl/α,β-unsaturated/α-hetero) is 1. The summed E-state index contributed by atoms with van der Waals surface area (Å²) in [4.78, 5) is 15.7. The summed E-state index contributed by atoms with van der Waals surface area (Å²) in [5.41, 5.74) is 1.78. The molecule has 170 valence electrons. The molecule has 8 atom stereocenters. The van der Waals surface area contributed by atoms with E-state index < -0.39 is 5.60 Å². The number of benzene rings is 1. The van der Waals surface area contributed by atoms with Crippen molar-refractivity contribution in [3.05, 3.63) is 29.8 Å². The lowest BCUT2D eigenvalue weighted by atomic mass is 9.49. The number of fused-ring (bicyclic) bond motifs is 5. The number of hydrogen-bond donors (Lipinski definition) is 1. The van der Waals surface area contributed by atoms with Crippen molar-refractivity contribution in [3.8, 4) is 0 Å². The van der Waals surface area contributed by atoms with Crippen LogP contribution in [0.4, 0.5) is 5.69 Å². The van der Waals surface area contributed by atoms with Crippen LogP contribution < -0.4 is 4.90 Å². The van der Waals surface area contributed by atoms with Gasteiger partial charge in [-0.25, -0.2) is 0 Å². The molecule has 4 saturated carbocycles. The van der Waals surface area contributed by atoms with Crippen LogP contribution in [-0.4, -0.2) is 30.6 Å². The summed E-state index contributed by atoms with van der Waals surface area (Å²) >= 11 is 0. The summed E-state index contributed by atoms with van der Waals surface area (Å²) in [5.74, 6) is 4.47. The van der Waals surface area contributed by atoms with Crippen LogP contribution in [0, 0.1) is 40.9 Å². The molecule has 1 N–H and O–H groups in total. The summed E-state index contributed by atoms with van der Waals surface area (Å²) < 4.78 is 0. The molecule has 0 aliphatic heterocycles. The lowest BCUT2D eigenvalue weighted by Gasteiger charge is -2.56. The molecule has 0 radical (unpaired) electrons. The SMILES string of the molecule is CN(C)c1ccc(C(=O)[C@H]2CC[C@H]3[C@@H]4CC[C@H]5C[C@](C)(O)CC[C@@H]5[C@H]4CC[C@]23C)cc1. The van der Waals surface area contributed by atoms with Gasteiger partial charge in [-0.15, -0.1) is 0 Å². The number of carbonyl (C=O) groups is 1. The Morgan fingerprint density at radius 1 is 0.903 bits per heavy atom. The average molecular weight is 424 g/mol. The lowest BCUT2D eigenvalue weighted by Crippen LogP contribution is -2.51. The molecular formula is C28H41NO2. The molecule has 0 unspecified atom stereocenters. The third kappa shape index (κ3) is 3.56. The summed E-state index contributed by atoms with van der Waals surface area (Å²) in [5, 5.41) is 10.6. The first-order valence-corrected chi connectivity index (χ1v) is 12.7. The van der Waals surface area contributed by atoms with Crippen LogP contribution in [0.3, 0.4) is 0 Å². The first-order valence-electron chi connectivity index (χ1n) is 12.7. The van der Waals surface area contributed by atoms with Crippen LogP contribution in [0.2, 0.25) is 0 Å². The Labute approximate surface area is 188 Å². The van der Waals surface area contributed by atoms with Gasteiger partial charge < -0.3 is 10.0 Å². The molecule has 1 aromatic rings. The monoisotopic (exact) mass is 423 g/mol. The van der Waals surface area contributed by atoms with Gasteiger partial charge in [0, 0.05) is 31.3 Å². The van der Waals surface area contributed by atoms with Gasteiger partial charge in [0.1, 0.15) is 0 Å². The Kier molecular flexibility index (Phi) is 5.28. The summed E-state index contributed by atoms with van der Waals surface area (Å²) in [7, 11) is 4.08. The van der Waals surface area contributed by atoms with Crippen molar-refractivity contribution in [2.24, 2.45) is 40.9 Å². The van der Waals surface area contributed by atoms with Crippen molar-refractivity contribution >= 4 is 11.5 Å². The Hall–Kier alpha value is -1.35. The minimum absolute atomic E-state index is 0.172. The molecule has 0 spiro atoms. The Morgan fingerprint density at radius 2 is 1.61 bits per heavy atom. The quantitative estimate of drug-likeness (QED) is 0.610. The Morgan fingerprint density at radius 3 is 2.32 bits per heavy atom. The maximum Gasteiger partial charge on any atom is 0.166 e. The molecule has 4 fully saturated rings. The maximum absolute atomic E-state index is 13.6. The van der Waals surface area contributed by atoms with Crippen molar-refractivity contribution in [1.29, 1.82) is 0 Å². The first-order chi connectivity index (χ1) is 14.7. The van der Waals surface area contributed by atoms with Gasteiger partial charge in [-0.1, -0.05) is 6.92 Å². The molecule has 4 aliphatic carbocycles. The second-order valence-electron chi connectivity index (χ2n) is 12.2. The summed E-state index contributed by atoms with van der Waals surface area (Å²) in [6.07, 6.45) is 10.6. The molecule has 0 bridgehead atoms. The third-order valence-corrected chi connectivity index (χ3v) is 10.2. The van der Waals surface area contributed by atoms with Gasteiger partial charge in [0.15, 0.2) is 5.78 Å². The number of rotatable bonds is 3. The van der Waals surface area contributed by atoms with Gasteiger partial charge in [0.2, 0.25) is 0 Å². The van der Waals surface area contributed by atoms with E-state index in [1.54, 1.807) is 0 Å². The molecule has 4 aliphatic rings. The molecular weight excluding hydrogens is 382 g/mol. The second kappa shape index (κ2) is 7.61. The second-order valence-corrected chi connectivity index (χ2v) is 12.2. The topological polar surface area (TPSA) is 40.5 Å². The van der Waals surface area contributed by atoms with Gasteiger partial charge in [0.25, 0.3) is 0 Å². The van der Waals surface area contributed by atoms with E-state index in [-0.39, 0.29) is 11.3 Å². The molecule has 3 heteroatoms. The zero-order chi connectivity index (χ0) is 22.0. The predicted octanol–water partition coefficient (Wildman–Crippen LogP) is 5.96. The molecule has 5 rings (SSSR count). The molecule has 31 heavy (non-hydrogen) atoms. The minimum atomic E-state index is -0.440. The average Bonchev–Trinajstić information content (AvgIpc) is 3.09. The van der Waals surface area contributed by atoms with E-state index in [1.165, 1.54) is 38.5 Å². The van der Waals surface area contributed by atoms with E-state index >= 15 is 0 Å². The number of ketones is 1. The van der Waals surface area contributed by atoms with Gasteiger partial charge >= 0.3 is 0 Å². The number of hydrogen-bond acceptors (Lipinski definition) is 3. The van der Waals surface area contributed by atoms with E-state index in [0.29, 0.717) is 11.7 Å². The zero-order valence-electron chi connectivity index (χ0n) is 19.9. The van der Waals surface area contributed by atoms with E-state index in [2.05, 4.69) is 24.0 Å². The van der Waals surface area contributed by atoms with Gasteiger partial charge in [-0.3, -0.25) is 4.79 Å². The van der Waals surface area contributed by atoms with Crippen LogP contribution in [0.15, 0.2) is 24.3 Å². The number of aliphatic hydroxyl groups is 1. The molecule has 0 heterocycles. The molecule has 1 aromatic carbocycles. The highest BCUT2D eigenvalue weighted by Gasteiger charge is 2.58. The largest absolute Gasteiger partial charge is 0.390 e. The smallest absolute Gasteiger partial charge is 0.166 e. The van der Waals surface area contributed by atoms with Crippen LogP contribution >= 0.6 is 0 Å². The predicted molar refractivity (Wildman–Crippen MR) is 126 cm³/mol. The van der Waals surface area contributed by atoms with Crippen LogP contribution in [0.25, 0.3) is 0 Å². The van der Waals surface area contributed by atoms with Gasteiger partial charge in [-0.2, -0.15) is 0 Å². The van der Waals surface area contributed by atoms with Crippen molar-refractivity contribution in [2.75, 3.05) is 19.0 Å². The standard InChI is InChI=1S/C28H41NO2/c1-27(31)15-13-21-19(17-27)7-10-23-22(21)14-16-28(2)24(23)11-12-25(28)26(30)18-5-8-20(9-6-18)29(3)4/h5-6,8-9,19,21-25,31H,7,10-17H2,1-4H3/t19-,21-,22+,23+,24-,25+,27+,28-/m0/s1. The Bertz CT molecular complexity index is 828. The number of nitrogens with zero attached hydrogens (tertiary/aromatic N) is 1. The maximum atomic E-state index is 13.6. The Balaban J connectivity index is 1.34. The first kappa shape index (κ1) is 21.5. The molecule has 0 saturated heterocycles. The van der Waals surface area contributed by atoms with Crippen molar-refractivity contribution < 1.29 is 9.90 Å². The van der Waals surface area contributed by atoms with E-state index in [0.717, 1.165) is 54.2 Å². The van der Waals surface area contributed by atoms with Crippen LogP contribution in [0.5, 0.6) is 0 Å². The fraction of sp³-hybridized carbons (Fsp3) is 0.750. The molecule has 0 aromatic heterocycles. The van der Waals surface area contributed by atoms with E-state index in [4.69, 9.17) is 0 Å². The third-order valence-electron chi connectivity index (χ3n) is 10.2. The summed E-state index contributed by atoms with van der Waals surface area (Å²) in [6, 6.07) is 8.24. The highest BCUT2D eigenvalue weighted by molar-refractivity contribution is 5.98. The van der Waals surface area contributed by atoms with Gasteiger partial charge in [-0.05, 0) is 124 Å². The van der Waals surface area contributed by atoms with Crippen molar-refractivity contribution in [3.63, 3.8) is 0 Å². The zero-order valence-corrected chi connectivity index (χ0v) is 19.9.